The van der Waals surface area contributed by atoms with Gasteiger partial charge in [0.15, 0.2) is 6.10 Å². The monoisotopic (exact) mass is 559 g/mol. The zero-order valence-corrected chi connectivity index (χ0v) is 23.9. The lowest BCUT2D eigenvalue weighted by molar-refractivity contribution is -0.123. The van der Waals surface area contributed by atoms with E-state index in [0.717, 1.165) is 39.0 Å². The second-order valence-electron chi connectivity index (χ2n) is 10.9. The van der Waals surface area contributed by atoms with Crippen LogP contribution in [0.25, 0.3) is 22.6 Å². The molecular formula is C31H30ClN3O3S. The summed E-state index contributed by atoms with van der Waals surface area (Å²) >= 11 is 7.56. The number of anilines is 1. The summed E-state index contributed by atoms with van der Waals surface area (Å²) in [4.78, 5) is 37.0. The Morgan fingerprint density at radius 3 is 2.62 bits per heavy atom. The van der Waals surface area contributed by atoms with E-state index >= 15 is 0 Å². The van der Waals surface area contributed by atoms with E-state index in [1.807, 2.05) is 30.3 Å². The fourth-order valence-corrected chi connectivity index (χ4v) is 5.66. The van der Waals surface area contributed by atoms with E-state index in [2.05, 4.69) is 48.6 Å². The van der Waals surface area contributed by atoms with E-state index < -0.39 is 18.0 Å². The molecule has 3 heterocycles. The van der Waals surface area contributed by atoms with Gasteiger partial charge >= 0.3 is 5.97 Å². The number of carbonyl (C=O) groups excluding carboxylic acids is 2. The van der Waals surface area contributed by atoms with Crippen LogP contribution in [0.4, 0.5) is 5.82 Å². The van der Waals surface area contributed by atoms with Crippen molar-refractivity contribution >= 4 is 63.2 Å². The minimum atomic E-state index is -1.04. The number of fused-ring (bicyclic) bond motifs is 2. The van der Waals surface area contributed by atoms with Crippen LogP contribution in [0.2, 0.25) is 5.02 Å². The van der Waals surface area contributed by atoms with Crippen molar-refractivity contribution in [1.82, 2.24) is 9.97 Å². The molecule has 2 unspecified atom stereocenters. The summed E-state index contributed by atoms with van der Waals surface area (Å²) in [6, 6.07) is 14.9. The van der Waals surface area contributed by atoms with Crippen molar-refractivity contribution in [3.8, 4) is 0 Å². The highest BCUT2D eigenvalue weighted by atomic mass is 35.5. The minimum Gasteiger partial charge on any atom is -0.449 e. The Kier molecular flexibility index (Phi) is 7.56. The van der Waals surface area contributed by atoms with Crippen LogP contribution in [0.1, 0.15) is 60.6 Å². The van der Waals surface area contributed by atoms with Crippen molar-refractivity contribution < 1.29 is 14.3 Å². The smallest absolute Gasteiger partial charge is 0.339 e. The summed E-state index contributed by atoms with van der Waals surface area (Å²) in [5.41, 5.74) is 4.02. The fraction of sp³-hybridized carbons (Fsp3) is 0.290. The number of amides is 1. The quantitative estimate of drug-likeness (QED) is 0.254. The third-order valence-corrected chi connectivity index (χ3v) is 8.18. The molecule has 0 radical (unpaired) electrons. The molecule has 4 aromatic rings. The molecule has 6 nitrogen and oxygen atoms in total. The normalized spacial score (nSPS) is 17.1. The molecule has 0 spiro atoms. The van der Waals surface area contributed by atoms with Crippen molar-refractivity contribution in [2.75, 3.05) is 5.32 Å². The van der Waals surface area contributed by atoms with Gasteiger partial charge in [-0.3, -0.25) is 4.79 Å². The number of ether oxygens (including phenoxy) is 1. The predicted octanol–water partition coefficient (Wildman–Crippen LogP) is 7.68. The zero-order valence-electron chi connectivity index (χ0n) is 22.3. The molecule has 5 rings (SSSR count). The number of hydrogen-bond donors (Lipinski definition) is 1. The molecule has 1 aliphatic carbocycles. The Hall–Kier alpha value is -3.55. The van der Waals surface area contributed by atoms with Crippen molar-refractivity contribution in [3.05, 3.63) is 86.8 Å². The second-order valence-corrected chi connectivity index (χ2v) is 12.3. The highest BCUT2D eigenvalue weighted by Crippen LogP contribution is 2.45. The lowest BCUT2D eigenvalue weighted by atomic mass is 9.69. The molecule has 200 valence electrons. The fourth-order valence-electron chi connectivity index (χ4n) is 4.87. The zero-order chi connectivity index (χ0) is 27.7. The lowest BCUT2D eigenvalue weighted by Crippen LogP contribution is -2.32. The average molecular weight is 560 g/mol. The first-order valence-corrected chi connectivity index (χ1v) is 14.2. The van der Waals surface area contributed by atoms with E-state index in [-0.39, 0.29) is 5.41 Å². The van der Waals surface area contributed by atoms with Gasteiger partial charge in [0.05, 0.1) is 21.8 Å². The van der Waals surface area contributed by atoms with E-state index in [1.165, 1.54) is 6.20 Å². The molecule has 1 N–H and O–H groups in total. The predicted molar refractivity (Wildman–Crippen MR) is 158 cm³/mol. The van der Waals surface area contributed by atoms with Crippen molar-refractivity contribution in [1.29, 1.82) is 0 Å². The Morgan fingerprint density at radius 2 is 1.92 bits per heavy atom. The number of nitrogens with one attached hydrogen (secondary N) is 1. The molecule has 8 heteroatoms. The van der Waals surface area contributed by atoms with Gasteiger partial charge in [-0.15, -0.1) is 11.3 Å². The van der Waals surface area contributed by atoms with Crippen LogP contribution in [-0.4, -0.2) is 27.9 Å². The van der Waals surface area contributed by atoms with E-state index in [0.29, 0.717) is 28.7 Å². The number of thiophene rings is 1. The number of allylic oxidation sites excluding steroid dienone is 1. The van der Waals surface area contributed by atoms with E-state index in [4.69, 9.17) is 21.3 Å². The maximum Gasteiger partial charge on any atom is 0.339 e. The number of carbonyl (C=O) groups is 2. The number of nitrogens with zero attached hydrogens (tertiary/aromatic N) is 2. The van der Waals surface area contributed by atoms with Crippen molar-refractivity contribution in [2.24, 2.45) is 11.3 Å². The lowest BCUT2D eigenvalue weighted by Gasteiger charge is -2.36. The van der Waals surface area contributed by atoms with Gasteiger partial charge in [0.25, 0.3) is 5.91 Å². The second kappa shape index (κ2) is 10.9. The van der Waals surface area contributed by atoms with Gasteiger partial charge in [-0.1, -0.05) is 56.6 Å². The molecule has 0 saturated carbocycles. The van der Waals surface area contributed by atoms with Crippen LogP contribution in [0, 0.1) is 11.3 Å². The highest BCUT2D eigenvalue weighted by molar-refractivity contribution is 7.10. The molecule has 39 heavy (non-hydrogen) atoms. The average Bonchev–Trinajstić information content (AvgIpc) is 3.41. The number of aromatic nitrogens is 2. The first-order valence-electron chi connectivity index (χ1n) is 12.9. The first-order chi connectivity index (χ1) is 18.6. The van der Waals surface area contributed by atoms with Crippen molar-refractivity contribution in [3.63, 3.8) is 0 Å². The molecule has 0 aliphatic heterocycles. The van der Waals surface area contributed by atoms with Gasteiger partial charge in [0.2, 0.25) is 0 Å². The summed E-state index contributed by atoms with van der Waals surface area (Å²) in [5.74, 6) is -0.393. The Morgan fingerprint density at radius 1 is 1.13 bits per heavy atom. The summed E-state index contributed by atoms with van der Waals surface area (Å²) in [6.07, 6.45) is 4.14. The number of benzene rings is 1. The van der Waals surface area contributed by atoms with Crippen molar-refractivity contribution in [2.45, 2.75) is 46.6 Å². The van der Waals surface area contributed by atoms with Gasteiger partial charge < -0.3 is 10.1 Å². The van der Waals surface area contributed by atoms with Gasteiger partial charge in [-0.2, -0.15) is 0 Å². The number of esters is 1. The number of rotatable bonds is 5. The SMILES string of the molecule is CC(OC(=O)c1c2c(nc3ccccc13)C(=Cc1cccs1)CC(C(C)(C)C)C2)C(=O)Nc1ccc(Cl)cn1. The standard InChI is InChI=1S/C31H30ClN3O3S/c1-18(29(36)35-26-12-11-21(32)17-33-26)38-30(37)27-23-9-5-6-10-25(23)34-28-19(15-22-8-7-13-39-22)14-20(16-24(27)28)31(2,3)4/h5-13,15,17-18,20H,14,16H2,1-4H3,(H,33,35,36). The summed E-state index contributed by atoms with van der Waals surface area (Å²) < 4.78 is 5.78. The number of pyridine rings is 2. The third kappa shape index (κ3) is 5.89. The molecule has 1 aromatic carbocycles. The van der Waals surface area contributed by atoms with Gasteiger partial charge in [-0.25, -0.2) is 14.8 Å². The highest BCUT2D eigenvalue weighted by Gasteiger charge is 2.36. The molecule has 0 saturated heterocycles. The van der Waals surface area contributed by atoms with Crippen LogP contribution >= 0.6 is 22.9 Å². The Bertz CT molecular complexity index is 1560. The van der Waals surface area contributed by atoms with Gasteiger partial charge in [-0.05, 0) is 78.0 Å². The van der Waals surface area contributed by atoms with Gasteiger partial charge in [0, 0.05) is 16.5 Å². The van der Waals surface area contributed by atoms with E-state index in [1.54, 1.807) is 30.4 Å². The van der Waals surface area contributed by atoms with Crippen LogP contribution in [0.5, 0.6) is 0 Å². The molecular weight excluding hydrogens is 530 g/mol. The number of hydrogen-bond acceptors (Lipinski definition) is 6. The largest absolute Gasteiger partial charge is 0.449 e. The molecule has 0 bridgehead atoms. The molecule has 1 amide bonds. The number of para-hydroxylation sites is 1. The van der Waals surface area contributed by atoms with E-state index in [9.17, 15) is 9.59 Å². The topological polar surface area (TPSA) is 81.2 Å². The Labute approximate surface area is 237 Å². The number of halogens is 1. The summed E-state index contributed by atoms with van der Waals surface area (Å²) in [6.45, 7) is 8.25. The van der Waals surface area contributed by atoms with Crippen LogP contribution in [-0.2, 0) is 16.0 Å². The third-order valence-electron chi connectivity index (χ3n) is 7.13. The molecule has 1 aliphatic rings. The summed E-state index contributed by atoms with van der Waals surface area (Å²) in [5, 5.41) is 5.91. The molecule has 2 atom stereocenters. The minimum absolute atomic E-state index is 0.0117. The molecule has 0 fully saturated rings. The maximum atomic E-state index is 13.8. The van der Waals surface area contributed by atoms with Crippen LogP contribution in [0.15, 0.2) is 60.1 Å². The van der Waals surface area contributed by atoms with Gasteiger partial charge in [0.1, 0.15) is 5.82 Å². The Balaban J connectivity index is 1.55. The summed E-state index contributed by atoms with van der Waals surface area (Å²) in [7, 11) is 0. The van der Waals surface area contributed by atoms with Crippen LogP contribution < -0.4 is 5.32 Å². The maximum absolute atomic E-state index is 13.8. The van der Waals surface area contributed by atoms with Crippen LogP contribution in [0.3, 0.4) is 0 Å². The molecule has 3 aromatic heterocycles. The first kappa shape index (κ1) is 27.0.